The van der Waals surface area contributed by atoms with Crippen molar-refractivity contribution in [3.63, 3.8) is 0 Å². The smallest absolute Gasteiger partial charge is 0.412 e. The Balaban J connectivity index is 1.87. The molecule has 1 unspecified atom stereocenters. The van der Waals surface area contributed by atoms with Gasteiger partial charge in [-0.1, -0.05) is 6.07 Å². The lowest BCUT2D eigenvalue weighted by molar-refractivity contribution is 0.196. The topological polar surface area (TPSA) is 59.6 Å². The molecule has 0 bridgehead atoms. The van der Waals surface area contributed by atoms with Crippen molar-refractivity contribution < 1.29 is 14.3 Å². The molecule has 1 aromatic carbocycles. The van der Waals surface area contributed by atoms with E-state index in [4.69, 9.17) is 9.47 Å². The zero-order valence-corrected chi connectivity index (χ0v) is 10.4. The van der Waals surface area contributed by atoms with E-state index in [9.17, 15) is 4.79 Å². The zero-order chi connectivity index (χ0) is 12.8. The van der Waals surface area contributed by atoms with E-state index in [1.807, 2.05) is 13.0 Å². The van der Waals surface area contributed by atoms with Crippen LogP contribution >= 0.6 is 0 Å². The second-order valence-electron chi connectivity index (χ2n) is 4.13. The summed E-state index contributed by atoms with van der Waals surface area (Å²) in [4.78, 5) is 11.6. The maximum absolute atomic E-state index is 11.6. The fourth-order valence-electron chi connectivity index (χ4n) is 1.88. The SMILES string of the molecule is CCOc1cccc(OC(=O)NC2CCNC2)c1. The highest BCUT2D eigenvalue weighted by atomic mass is 16.6. The lowest BCUT2D eigenvalue weighted by Crippen LogP contribution is -2.38. The Morgan fingerprint density at radius 2 is 2.33 bits per heavy atom. The molecule has 1 saturated heterocycles. The minimum Gasteiger partial charge on any atom is -0.494 e. The van der Waals surface area contributed by atoms with Crippen LogP contribution < -0.4 is 20.1 Å². The molecular formula is C13H18N2O3. The number of hydrogen-bond donors (Lipinski definition) is 2. The molecule has 2 rings (SSSR count). The van der Waals surface area contributed by atoms with Crippen LogP contribution in [0.5, 0.6) is 11.5 Å². The largest absolute Gasteiger partial charge is 0.494 e. The van der Waals surface area contributed by atoms with Gasteiger partial charge in [0.05, 0.1) is 6.61 Å². The van der Waals surface area contributed by atoms with Crippen molar-refractivity contribution in [2.75, 3.05) is 19.7 Å². The summed E-state index contributed by atoms with van der Waals surface area (Å²) in [6.45, 7) is 4.23. The van der Waals surface area contributed by atoms with Gasteiger partial charge in [-0.3, -0.25) is 0 Å². The number of ether oxygens (including phenoxy) is 2. The predicted octanol–water partition coefficient (Wildman–Crippen LogP) is 1.54. The molecule has 1 aliphatic rings. The van der Waals surface area contributed by atoms with Crippen molar-refractivity contribution in [2.24, 2.45) is 0 Å². The number of rotatable bonds is 4. The molecule has 5 heteroatoms. The Morgan fingerprint density at radius 1 is 1.50 bits per heavy atom. The van der Waals surface area contributed by atoms with Gasteiger partial charge in [0.1, 0.15) is 11.5 Å². The second kappa shape index (κ2) is 6.26. The second-order valence-corrected chi connectivity index (χ2v) is 4.13. The number of amides is 1. The standard InChI is InChI=1S/C13H18N2O3/c1-2-17-11-4-3-5-12(8-11)18-13(16)15-10-6-7-14-9-10/h3-5,8,10,14H,2,6-7,9H2,1H3,(H,15,16). The van der Waals surface area contributed by atoms with E-state index < -0.39 is 6.09 Å². The van der Waals surface area contributed by atoms with E-state index >= 15 is 0 Å². The van der Waals surface area contributed by atoms with E-state index in [-0.39, 0.29) is 6.04 Å². The molecule has 18 heavy (non-hydrogen) atoms. The zero-order valence-electron chi connectivity index (χ0n) is 10.4. The van der Waals surface area contributed by atoms with Gasteiger partial charge >= 0.3 is 6.09 Å². The van der Waals surface area contributed by atoms with Gasteiger partial charge in [-0.15, -0.1) is 0 Å². The Hall–Kier alpha value is -1.75. The van der Waals surface area contributed by atoms with Crippen LogP contribution in [0.1, 0.15) is 13.3 Å². The minimum absolute atomic E-state index is 0.160. The molecule has 5 nitrogen and oxygen atoms in total. The average molecular weight is 250 g/mol. The fourth-order valence-corrected chi connectivity index (χ4v) is 1.88. The van der Waals surface area contributed by atoms with Crippen molar-refractivity contribution >= 4 is 6.09 Å². The third kappa shape index (κ3) is 3.63. The summed E-state index contributed by atoms with van der Waals surface area (Å²) in [7, 11) is 0. The summed E-state index contributed by atoms with van der Waals surface area (Å²) in [5.74, 6) is 1.19. The Kier molecular flexibility index (Phi) is 4.41. The van der Waals surface area contributed by atoms with Gasteiger partial charge in [-0.05, 0) is 32.0 Å². The number of nitrogens with one attached hydrogen (secondary N) is 2. The molecule has 1 atom stereocenters. The van der Waals surface area contributed by atoms with Crippen molar-refractivity contribution in [3.8, 4) is 11.5 Å². The van der Waals surface area contributed by atoms with Crippen LogP contribution in [0.15, 0.2) is 24.3 Å². The van der Waals surface area contributed by atoms with E-state index in [1.54, 1.807) is 18.2 Å². The molecular weight excluding hydrogens is 232 g/mol. The Bertz CT molecular complexity index is 403. The maximum Gasteiger partial charge on any atom is 0.412 e. The summed E-state index contributed by atoms with van der Waals surface area (Å²) in [6, 6.07) is 7.22. The van der Waals surface area contributed by atoms with Gasteiger partial charge in [0.25, 0.3) is 0 Å². The molecule has 2 N–H and O–H groups in total. The summed E-state index contributed by atoms with van der Waals surface area (Å²) >= 11 is 0. The quantitative estimate of drug-likeness (QED) is 0.851. The van der Waals surface area contributed by atoms with Crippen LogP contribution in [-0.2, 0) is 0 Å². The van der Waals surface area contributed by atoms with E-state index in [1.165, 1.54) is 0 Å². The molecule has 0 spiro atoms. The van der Waals surface area contributed by atoms with Gasteiger partial charge in [-0.25, -0.2) is 4.79 Å². The normalized spacial score (nSPS) is 18.4. The monoisotopic (exact) mass is 250 g/mol. The molecule has 98 valence electrons. The summed E-state index contributed by atoms with van der Waals surface area (Å²) in [6.07, 6.45) is 0.519. The van der Waals surface area contributed by atoms with E-state index in [0.717, 1.165) is 19.5 Å². The van der Waals surface area contributed by atoms with E-state index in [0.29, 0.717) is 18.1 Å². The molecule has 0 aliphatic carbocycles. The molecule has 0 radical (unpaired) electrons. The summed E-state index contributed by atoms with van der Waals surface area (Å²) in [5, 5.41) is 5.99. The molecule has 1 aromatic rings. The lowest BCUT2D eigenvalue weighted by Gasteiger charge is -2.12. The van der Waals surface area contributed by atoms with Crippen molar-refractivity contribution in [3.05, 3.63) is 24.3 Å². The summed E-state index contributed by atoms with van der Waals surface area (Å²) < 4.78 is 10.5. The molecule has 0 saturated carbocycles. The molecule has 1 fully saturated rings. The first-order chi connectivity index (χ1) is 8.78. The van der Waals surface area contributed by atoms with Gasteiger partial charge in [0.2, 0.25) is 0 Å². The molecule has 1 aliphatic heterocycles. The molecule has 0 aromatic heterocycles. The van der Waals surface area contributed by atoms with Gasteiger partial charge < -0.3 is 20.1 Å². The van der Waals surface area contributed by atoms with Crippen LogP contribution in [0.3, 0.4) is 0 Å². The Morgan fingerprint density at radius 3 is 3.06 bits per heavy atom. The predicted molar refractivity (Wildman–Crippen MR) is 68.0 cm³/mol. The van der Waals surface area contributed by atoms with Crippen LogP contribution in [0, 0.1) is 0 Å². The first-order valence-electron chi connectivity index (χ1n) is 6.20. The molecule has 1 amide bonds. The fraction of sp³-hybridized carbons (Fsp3) is 0.462. The van der Waals surface area contributed by atoms with Crippen LogP contribution in [0.25, 0.3) is 0 Å². The van der Waals surface area contributed by atoms with Crippen LogP contribution in [0.2, 0.25) is 0 Å². The summed E-state index contributed by atoms with van der Waals surface area (Å²) in [5.41, 5.74) is 0. The van der Waals surface area contributed by atoms with Crippen LogP contribution in [-0.4, -0.2) is 31.8 Å². The lowest BCUT2D eigenvalue weighted by atomic mass is 10.3. The molecule has 1 heterocycles. The van der Waals surface area contributed by atoms with Gasteiger partial charge in [0.15, 0.2) is 0 Å². The van der Waals surface area contributed by atoms with E-state index in [2.05, 4.69) is 10.6 Å². The first kappa shape index (κ1) is 12.7. The number of hydrogen-bond acceptors (Lipinski definition) is 4. The highest BCUT2D eigenvalue weighted by Crippen LogP contribution is 2.19. The highest BCUT2D eigenvalue weighted by molar-refractivity contribution is 5.70. The van der Waals surface area contributed by atoms with Crippen molar-refractivity contribution in [1.29, 1.82) is 0 Å². The highest BCUT2D eigenvalue weighted by Gasteiger charge is 2.17. The Labute approximate surface area is 106 Å². The van der Waals surface area contributed by atoms with Gasteiger partial charge in [-0.2, -0.15) is 0 Å². The third-order valence-electron chi connectivity index (χ3n) is 2.71. The van der Waals surface area contributed by atoms with Crippen LogP contribution in [0.4, 0.5) is 4.79 Å². The average Bonchev–Trinajstić information content (AvgIpc) is 2.82. The van der Waals surface area contributed by atoms with Gasteiger partial charge in [0, 0.05) is 18.7 Å². The maximum atomic E-state index is 11.6. The number of carbonyl (C=O) groups excluding carboxylic acids is 1. The number of carbonyl (C=O) groups is 1. The first-order valence-corrected chi connectivity index (χ1v) is 6.20. The minimum atomic E-state index is -0.419. The van der Waals surface area contributed by atoms with Crippen molar-refractivity contribution in [1.82, 2.24) is 10.6 Å². The number of benzene rings is 1. The third-order valence-corrected chi connectivity index (χ3v) is 2.71. The van der Waals surface area contributed by atoms with Crippen molar-refractivity contribution in [2.45, 2.75) is 19.4 Å².